The second-order valence-corrected chi connectivity index (χ2v) is 9.12. The lowest BCUT2D eigenvalue weighted by molar-refractivity contribution is -0.137. The van der Waals surface area contributed by atoms with Gasteiger partial charge in [0.2, 0.25) is 0 Å². The second kappa shape index (κ2) is 10.7. The van der Waals surface area contributed by atoms with E-state index in [2.05, 4.69) is 20.5 Å². The van der Waals surface area contributed by atoms with Crippen LogP contribution in [0.2, 0.25) is 0 Å². The molecule has 5 rings (SSSR count). The Morgan fingerprint density at radius 1 is 0.838 bits per heavy atom. The Morgan fingerprint density at radius 3 is 2.19 bits per heavy atom. The van der Waals surface area contributed by atoms with E-state index in [-0.39, 0.29) is 4.90 Å². The van der Waals surface area contributed by atoms with E-state index in [1.807, 2.05) is 30.3 Å². The minimum Gasteiger partial charge on any atom is -0.339 e. The summed E-state index contributed by atoms with van der Waals surface area (Å²) in [6.45, 7) is 0. The zero-order valence-corrected chi connectivity index (χ0v) is 19.8. The molecule has 7 nitrogen and oxygen atoms in total. The van der Waals surface area contributed by atoms with E-state index in [9.17, 15) is 21.6 Å². The average Bonchev–Trinajstić information content (AvgIpc) is 2.89. The molecule has 0 unspecified atom stereocenters. The van der Waals surface area contributed by atoms with Gasteiger partial charge in [-0.1, -0.05) is 42.5 Å². The highest BCUT2D eigenvalue weighted by atomic mass is 32.2. The lowest BCUT2D eigenvalue weighted by Gasteiger charge is -2.10. The van der Waals surface area contributed by atoms with Crippen molar-refractivity contribution in [3.05, 3.63) is 109 Å². The average molecular weight is 525 g/mol. The molecule has 3 aromatic carbocycles. The molecule has 2 aromatic heterocycles. The van der Waals surface area contributed by atoms with Crippen molar-refractivity contribution in [3.63, 3.8) is 0 Å². The number of rotatable bonds is 4. The van der Waals surface area contributed by atoms with Gasteiger partial charge in [0.15, 0.2) is 5.82 Å². The van der Waals surface area contributed by atoms with E-state index in [1.54, 1.807) is 36.7 Å². The number of para-hydroxylation sites is 1. The molecule has 0 radical (unpaired) electrons. The minimum absolute atomic E-state index is 0.0741. The predicted octanol–water partition coefficient (Wildman–Crippen LogP) is 6.39. The highest BCUT2D eigenvalue weighted by molar-refractivity contribution is 7.85. The number of nitrogens with zero attached hydrogens (tertiary/aromatic N) is 3. The summed E-state index contributed by atoms with van der Waals surface area (Å²) < 4.78 is 67.2. The van der Waals surface area contributed by atoms with Gasteiger partial charge in [-0.2, -0.15) is 26.7 Å². The topological polar surface area (TPSA) is 105 Å². The van der Waals surface area contributed by atoms with Crippen LogP contribution in [0.3, 0.4) is 0 Å². The minimum atomic E-state index is -4.36. The number of fused-ring (bicyclic) bond motifs is 1. The van der Waals surface area contributed by atoms with E-state index in [4.69, 9.17) is 4.55 Å². The van der Waals surface area contributed by atoms with E-state index < -0.39 is 21.9 Å². The molecule has 0 aliphatic rings. The lowest BCUT2D eigenvalue weighted by atomic mass is 10.0. The molecule has 0 amide bonds. The first kappa shape index (κ1) is 25.7. The molecule has 2 N–H and O–H groups in total. The smallest absolute Gasteiger partial charge is 0.339 e. The Morgan fingerprint density at radius 2 is 1.54 bits per heavy atom. The summed E-state index contributed by atoms with van der Waals surface area (Å²) in [6, 6.07) is 23.7. The summed E-state index contributed by atoms with van der Waals surface area (Å²) in [7, 11) is -4.00. The molecular formula is C26H19F3N4O3S. The summed E-state index contributed by atoms with van der Waals surface area (Å²) in [5.41, 5.74) is 2.34. The maximum atomic E-state index is 12.7. The van der Waals surface area contributed by atoms with Crippen molar-refractivity contribution >= 4 is 32.5 Å². The molecule has 2 heterocycles. The predicted molar refractivity (Wildman–Crippen MR) is 134 cm³/mol. The maximum Gasteiger partial charge on any atom is 0.416 e. The molecule has 0 aliphatic carbocycles. The van der Waals surface area contributed by atoms with Gasteiger partial charge >= 0.3 is 6.18 Å². The highest BCUT2D eigenvalue weighted by Crippen LogP contribution is 2.31. The van der Waals surface area contributed by atoms with Crippen LogP contribution in [0.1, 0.15) is 5.56 Å². The third-order valence-electron chi connectivity index (χ3n) is 5.12. The number of anilines is 2. The van der Waals surface area contributed by atoms with Crippen LogP contribution in [0.5, 0.6) is 0 Å². The number of hydrogen-bond acceptors (Lipinski definition) is 6. The van der Waals surface area contributed by atoms with E-state index >= 15 is 0 Å². The zero-order chi connectivity index (χ0) is 26.5. The summed E-state index contributed by atoms with van der Waals surface area (Å²) in [6.07, 6.45) is -1.01. The van der Waals surface area contributed by atoms with E-state index in [0.29, 0.717) is 11.5 Å². The molecular weight excluding hydrogens is 505 g/mol. The number of alkyl halides is 3. The first-order valence-corrected chi connectivity index (χ1v) is 12.2. The molecule has 0 spiro atoms. The van der Waals surface area contributed by atoms with Crippen molar-refractivity contribution in [1.82, 2.24) is 15.2 Å². The molecule has 0 atom stereocenters. The molecule has 11 heteroatoms. The van der Waals surface area contributed by atoms with Gasteiger partial charge in [-0.15, -0.1) is 5.10 Å². The van der Waals surface area contributed by atoms with Crippen LogP contribution in [0.25, 0.3) is 22.0 Å². The SMILES string of the molecule is FC(F)(F)c1ccc(Nc2cc(-c3cccc4cccnc34)cnn2)cc1.O=S(=O)(O)c1ccccc1. The van der Waals surface area contributed by atoms with Crippen molar-refractivity contribution in [2.75, 3.05) is 5.32 Å². The number of hydrogen-bond donors (Lipinski definition) is 2. The first-order valence-electron chi connectivity index (χ1n) is 10.7. The van der Waals surface area contributed by atoms with Gasteiger partial charge in [0, 0.05) is 28.4 Å². The van der Waals surface area contributed by atoms with Crippen molar-refractivity contribution < 1.29 is 26.1 Å². The third kappa shape index (κ3) is 6.66. The van der Waals surface area contributed by atoms with Gasteiger partial charge in [-0.25, -0.2) is 0 Å². The quantitative estimate of drug-likeness (QED) is 0.263. The number of halogens is 3. The van der Waals surface area contributed by atoms with Crippen molar-refractivity contribution in [2.45, 2.75) is 11.1 Å². The van der Waals surface area contributed by atoms with E-state index in [0.717, 1.165) is 34.2 Å². The lowest BCUT2D eigenvalue weighted by Crippen LogP contribution is -2.04. The molecule has 0 saturated carbocycles. The standard InChI is InChI=1S/C20H13F3N4.C6H6O3S/c21-20(22,23)15-6-8-16(9-7-15)26-18-11-14(12-25-27-18)17-5-1-3-13-4-2-10-24-19(13)17;7-10(8,9)6-4-2-1-3-5-6/h1-12H,(H,26,27);1-5H,(H,7,8,9). The van der Waals surface area contributed by atoms with Crippen LogP contribution in [-0.4, -0.2) is 28.2 Å². The van der Waals surface area contributed by atoms with Gasteiger partial charge < -0.3 is 5.32 Å². The molecule has 37 heavy (non-hydrogen) atoms. The third-order valence-corrected chi connectivity index (χ3v) is 5.99. The number of nitrogens with one attached hydrogen (secondary N) is 1. The number of pyridine rings is 1. The number of benzene rings is 3. The molecule has 0 saturated heterocycles. The Kier molecular flexibility index (Phi) is 7.46. The monoisotopic (exact) mass is 524 g/mol. The fourth-order valence-electron chi connectivity index (χ4n) is 3.40. The summed E-state index contributed by atoms with van der Waals surface area (Å²) in [4.78, 5) is 4.35. The van der Waals surface area contributed by atoms with Crippen LogP contribution >= 0.6 is 0 Å². The summed E-state index contributed by atoms with van der Waals surface area (Å²) in [5, 5.41) is 12.0. The number of aromatic nitrogens is 3. The van der Waals surface area contributed by atoms with Crippen LogP contribution < -0.4 is 5.32 Å². The molecule has 0 fully saturated rings. The van der Waals surface area contributed by atoms with E-state index in [1.165, 1.54) is 24.3 Å². The maximum absolute atomic E-state index is 12.7. The van der Waals surface area contributed by atoms with Gasteiger partial charge in [-0.3, -0.25) is 9.54 Å². The van der Waals surface area contributed by atoms with Gasteiger partial charge in [-0.05, 0) is 48.5 Å². The normalized spacial score (nSPS) is 11.5. The van der Waals surface area contributed by atoms with Crippen LogP contribution in [0, 0.1) is 0 Å². The Bertz CT molecular complexity index is 1610. The largest absolute Gasteiger partial charge is 0.416 e. The van der Waals surface area contributed by atoms with Crippen LogP contribution in [0.15, 0.2) is 108 Å². The fourth-order valence-corrected chi connectivity index (χ4v) is 3.90. The zero-order valence-electron chi connectivity index (χ0n) is 19.0. The Labute approximate surface area is 210 Å². The highest BCUT2D eigenvalue weighted by Gasteiger charge is 2.29. The summed E-state index contributed by atoms with van der Waals surface area (Å²) >= 11 is 0. The second-order valence-electron chi connectivity index (χ2n) is 7.70. The fraction of sp³-hybridized carbons (Fsp3) is 0.0385. The van der Waals surface area contributed by atoms with Gasteiger partial charge in [0.25, 0.3) is 10.1 Å². The Hall–Kier alpha value is -4.35. The van der Waals surface area contributed by atoms with Crippen molar-refractivity contribution in [3.8, 4) is 11.1 Å². The van der Waals surface area contributed by atoms with Crippen LogP contribution in [0.4, 0.5) is 24.7 Å². The molecule has 188 valence electrons. The summed E-state index contributed by atoms with van der Waals surface area (Å²) in [5.74, 6) is 0.431. The van der Waals surface area contributed by atoms with Crippen molar-refractivity contribution in [1.29, 1.82) is 0 Å². The molecule has 0 bridgehead atoms. The van der Waals surface area contributed by atoms with Gasteiger partial charge in [0.05, 0.1) is 22.2 Å². The first-order chi connectivity index (χ1) is 17.6. The molecule has 0 aliphatic heterocycles. The van der Waals surface area contributed by atoms with Crippen LogP contribution in [-0.2, 0) is 16.3 Å². The Balaban J connectivity index is 0.000000270. The molecule has 5 aromatic rings. The van der Waals surface area contributed by atoms with Crippen molar-refractivity contribution in [2.24, 2.45) is 0 Å². The van der Waals surface area contributed by atoms with Gasteiger partial charge in [0.1, 0.15) is 0 Å².